The minimum Gasteiger partial charge on any atom is -0.249 e. The van der Waals surface area contributed by atoms with Crippen molar-refractivity contribution in [1.82, 2.24) is 4.98 Å². The van der Waals surface area contributed by atoms with E-state index >= 15 is 0 Å². The van der Waals surface area contributed by atoms with Crippen molar-refractivity contribution in [3.05, 3.63) is 48.8 Å². The van der Waals surface area contributed by atoms with Gasteiger partial charge < -0.3 is 0 Å². The van der Waals surface area contributed by atoms with Crippen molar-refractivity contribution in [3.8, 4) is 0 Å². The van der Waals surface area contributed by atoms with Crippen molar-refractivity contribution < 1.29 is 0 Å². The standard InChI is InChI=1S/C11H11N/c1-4-9-7-10(5-2)12-11(6-3)8-9/h4-8H,1-3H2. The summed E-state index contributed by atoms with van der Waals surface area (Å²) in [6, 6.07) is 3.85. The normalized spacial score (nSPS) is 9.00. The SMILES string of the molecule is C=Cc1cc(C=C)nc(C=C)c1. The summed E-state index contributed by atoms with van der Waals surface area (Å²) in [5.74, 6) is 0. The molecular weight excluding hydrogens is 146 g/mol. The Morgan fingerprint density at radius 2 is 1.42 bits per heavy atom. The molecule has 1 rings (SSSR count). The van der Waals surface area contributed by atoms with Crippen molar-refractivity contribution in [2.45, 2.75) is 0 Å². The van der Waals surface area contributed by atoms with Gasteiger partial charge in [0.15, 0.2) is 0 Å². The van der Waals surface area contributed by atoms with Crippen LogP contribution in [0.1, 0.15) is 17.0 Å². The summed E-state index contributed by atoms with van der Waals surface area (Å²) in [6.45, 7) is 11.0. The third-order valence-corrected chi connectivity index (χ3v) is 1.54. The Balaban J connectivity index is 3.26. The Labute approximate surface area is 72.8 Å². The van der Waals surface area contributed by atoms with Crippen molar-refractivity contribution in [3.63, 3.8) is 0 Å². The predicted octanol–water partition coefficient (Wildman–Crippen LogP) is 3.01. The van der Waals surface area contributed by atoms with Crippen LogP contribution in [0.3, 0.4) is 0 Å². The van der Waals surface area contributed by atoms with E-state index in [4.69, 9.17) is 0 Å². The first-order valence-corrected chi connectivity index (χ1v) is 3.69. The molecule has 0 aliphatic carbocycles. The van der Waals surface area contributed by atoms with Gasteiger partial charge in [-0.3, -0.25) is 0 Å². The molecule has 1 heteroatoms. The largest absolute Gasteiger partial charge is 0.249 e. The van der Waals surface area contributed by atoms with Crippen LogP contribution in [0.2, 0.25) is 0 Å². The molecule has 1 nitrogen and oxygen atoms in total. The van der Waals surface area contributed by atoms with Crippen molar-refractivity contribution in [1.29, 1.82) is 0 Å². The van der Waals surface area contributed by atoms with Crippen LogP contribution >= 0.6 is 0 Å². The molecular formula is C11H11N. The van der Waals surface area contributed by atoms with Gasteiger partial charge in [-0.05, 0) is 29.8 Å². The van der Waals surface area contributed by atoms with E-state index < -0.39 is 0 Å². The summed E-state index contributed by atoms with van der Waals surface area (Å²) in [4.78, 5) is 4.23. The summed E-state index contributed by atoms with van der Waals surface area (Å²) in [5.41, 5.74) is 2.74. The average molecular weight is 157 g/mol. The highest BCUT2D eigenvalue weighted by atomic mass is 14.7. The number of rotatable bonds is 3. The number of nitrogens with zero attached hydrogens (tertiary/aromatic N) is 1. The second-order valence-corrected chi connectivity index (χ2v) is 2.36. The molecule has 1 aromatic heterocycles. The number of aromatic nitrogens is 1. The zero-order valence-electron chi connectivity index (χ0n) is 6.96. The van der Waals surface area contributed by atoms with Gasteiger partial charge in [-0.1, -0.05) is 25.8 Å². The third kappa shape index (κ3) is 1.70. The fraction of sp³-hybridized carbons (Fsp3) is 0. The van der Waals surface area contributed by atoms with Gasteiger partial charge in [0.25, 0.3) is 0 Å². The molecule has 0 unspecified atom stereocenters. The summed E-state index contributed by atoms with van der Waals surface area (Å²) in [6.07, 6.45) is 5.20. The zero-order valence-corrected chi connectivity index (χ0v) is 6.96. The van der Waals surface area contributed by atoms with Crippen LogP contribution in [0.25, 0.3) is 18.2 Å². The predicted molar refractivity (Wildman–Crippen MR) is 54.5 cm³/mol. The van der Waals surface area contributed by atoms with E-state index in [1.165, 1.54) is 0 Å². The fourth-order valence-electron chi connectivity index (χ4n) is 0.924. The first-order chi connectivity index (χ1) is 5.80. The number of hydrogen-bond acceptors (Lipinski definition) is 1. The van der Waals surface area contributed by atoms with Crippen LogP contribution in [-0.4, -0.2) is 4.98 Å². The Bertz CT molecular complexity index is 259. The topological polar surface area (TPSA) is 12.9 Å². The second kappa shape index (κ2) is 3.67. The Kier molecular flexibility index (Phi) is 2.59. The molecule has 0 aliphatic rings. The molecule has 60 valence electrons. The summed E-state index contributed by atoms with van der Waals surface area (Å²) in [7, 11) is 0. The van der Waals surface area contributed by atoms with Crippen molar-refractivity contribution in [2.75, 3.05) is 0 Å². The molecule has 1 aromatic rings. The van der Waals surface area contributed by atoms with E-state index in [0.717, 1.165) is 17.0 Å². The minimum atomic E-state index is 0.849. The highest BCUT2D eigenvalue weighted by molar-refractivity contribution is 5.57. The molecule has 0 aliphatic heterocycles. The van der Waals surface area contributed by atoms with E-state index in [0.29, 0.717) is 0 Å². The van der Waals surface area contributed by atoms with E-state index in [9.17, 15) is 0 Å². The van der Waals surface area contributed by atoms with Gasteiger partial charge in [0.2, 0.25) is 0 Å². The van der Waals surface area contributed by atoms with E-state index in [1.54, 1.807) is 18.2 Å². The molecule has 0 amide bonds. The van der Waals surface area contributed by atoms with Gasteiger partial charge >= 0.3 is 0 Å². The monoisotopic (exact) mass is 157 g/mol. The quantitative estimate of drug-likeness (QED) is 0.657. The maximum Gasteiger partial charge on any atom is 0.0637 e. The summed E-state index contributed by atoms with van der Waals surface area (Å²) < 4.78 is 0. The first-order valence-electron chi connectivity index (χ1n) is 3.69. The molecule has 1 heterocycles. The minimum absolute atomic E-state index is 0.849. The van der Waals surface area contributed by atoms with Gasteiger partial charge in [0.05, 0.1) is 11.4 Å². The van der Waals surface area contributed by atoms with Gasteiger partial charge in [0, 0.05) is 0 Å². The Morgan fingerprint density at radius 1 is 0.917 bits per heavy atom. The average Bonchev–Trinajstić information content (AvgIpc) is 2.16. The van der Waals surface area contributed by atoms with Gasteiger partial charge in [-0.15, -0.1) is 0 Å². The zero-order chi connectivity index (χ0) is 8.97. The van der Waals surface area contributed by atoms with Crippen LogP contribution < -0.4 is 0 Å². The lowest BCUT2D eigenvalue weighted by atomic mass is 10.2. The maximum atomic E-state index is 4.23. The van der Waals surface area contributed by atoms with Crippen LogP contribution in [-0.2, 0) is 0 Å². The Hall–Kier alpha value is -1.63. The van der Waals surface area contributed by atoms with Crippen LogP contribution in [0, 0.1) is 0 Å². The highest BCUT2D eigenvalue weighted by Crippen LogP contribution is 2.09. The summed E-state index contributed by atoms with van der Waals surface area (Å²) >= 11 is 0. The molecule has 0 saturated heterocycles. The molecule has 0 fully saturated rings. The number of pyridine rings is 1. The molecule has 0 spiro atoms. The molecule has 12 heavy (non-hydrogen) atoms. The van der Waals surface area contributed by atoms with E-state index in [1.807, 2.05) is 12.1 Å². The molecule has 0 aromatic carbocycles. The Morgan fingerprint density at radius 3 is 1.75 bits per heavy atom. The summed E-state index contributed by atoms with van der Waals surface area (Å²) in [5, 5.41) is 0. The van der Waals surface area contributed by atoms with Gasteiger partial charge in [-0.2, -0.15) is 0 Å². The smallest absolute Gasteiger partial charge is 0.0637 e. The number of hydrogen-bond donors (Lipinski definition) is 0. The van der Waals surface area contributed by atoms with E-state index in [-0.39, 0.29) is 0 Å². The molecule has 0 atom stereocenters. The van der Waals surface area contributed by atoms with Crippen LogP contribution in [0.5, 0.6) is 0 Å². The van der Waals surface area contributed by atoms with Crippen LogP contribution in [0.15, 0.2) is 31.9 Å². The van der Waals surface area contributed by atoms with E-state index in [2.05, 4.69) is 24.7 Å². The molecule has 0 radical (unpaired) electrons. The van der Waals surface area contributed by atoms with Crippen molar-refractivity contribution >= 4 is 18.2 Å². The molecule has 0 bridgehead atoms. The lowest BCUT2D eigenvalue weighted by Gasteiger charge is -1.98. The van der Waals surface area contributed by atoms with Gasteiger partial charge in [0.1, 0.15) is 0 Å². The lowest BCUT2D eigenvalue weighted by Crippen LogP contribution is -1.86. The fourth-order valence-corrected chi connectivity index (χ4v) is 0.924. The lowest BCUT2D eigenvalue weighted by molar-refractivity contribution is 1.26. The van der Waals surface area contributed by atoms with Gasteiger partial charge in [-0.25, -0.2) is 4.98 Å². The first kappa shape index (κ1) is 8.47. The maximum absolute atomic E-state index is 4.23. The van der Waals surface area contributed by atoms with Crippen molar-refractivity contribution in [2.24, 2.45) is 0 Å². The second-order valence-electron chi connectivity index (χ2n) is 2.36. The molecule has 0 saturated carbocycles. The third-order valence-electron chi connectivity index (χ3n) is 1.54. The highest BCUT2D eigenvalue weighted by Gasteiger charge is 1.94. The molecule has 0 N–H and O–H groups in total. The van der Waals surface area contributed by atoms with Crippen LogP contribution in [0.4, 0.5) is 0 Å².